The van der Waals surface area contributed by atoms with Gasteiger partial charge in [0.15, 0.2) is 0 Å². The van der Waals surface area contributed by atoms with Crippen molar-refractivity contribution in [2.24, 2.45) is 17.8 Å². The third kappa shape index (κ3) is 6.55. The molecule has 2 heterocycles. The maximum absolute atomic E-state index is 11.4. The van der Waals surface area contributed by atoms with Gasteiger partial charge in [0.1, 0.15) is 0 Å². The molecule has 0 aromatic rings. The van der Waals surface area contributed by atoms with Crippen molar-refractivity contribution in [3.8, 4) is 0 Å². The lowest BCUT2D eigenvalue weighted by molar-refractivity contribution is -0.159. The van der Waals surface area contributed by atoms with E-state index >= 15 is 0 Å². The van der Waals surface area contributed by atoms with Gasteiger partial charge in [-0.3, -0.25) is 10.0 Å². The van der Waals surface area contributed by atoms with Crippen molar-refractivity contribution < 1.29 is 14.7 Å². The monoisotopic (exact) mass is 415 g/mol. The molecule has 3 rings (SSSR count). The fraction of sp³-hybridized carbons (Fsp3) is 0.952. The molecule has 0 aromatic carbocycles. The van der Waals surface area contributed by atoms with Crippen molar-refractivity contribution in [1.82, 2.24) is 5.06 Å². The second kappa shape index (κ2) is 11.3. The number of carbonyl (C=O) groups is 1. The van der Waals surface area contributed by atoms with Gasteiger partial charge in [0.2, 0.25) is 5.91 Å². The molecule has 156 valence electrons. The molecule has 1 N–H and O–H groups in total. The molecule has 0 spiro atoms. The van der Waals surface area contributed by atoms with Crippen LogP contribution >= 0.6 is 23.5 Å². The molecule has 0 radical (unpaired) electrons. The van der Waals surface area contributed by atoms with E-state index in [2.05, 4.69) is 11.8 Å². The summed E-state index contributed by atoms with van der Waals surface area (Å²) >= 11 is 4.24. The van der Waals surface area contributed by atoms with E-state index in [9.17, 15) is 4.79 Å². The van der Waals surface area contributed by atoms with Crippen molar-refractivity contribution >= 4 is 29.4 Å². The molecule has 2 saturated heterocycles. The third-order valence-electron chi connectivity index (χ3n) is 6.58. The standard InChI is InChI=1S/C21H37NO3S2/c1-22(24)21(23)9-5-6-12-26-14-17-18(20-11-10-19(17)25-20)15-27-13-16-7-3-2-4-8-16/h16-20,24H,2-15H2,1H3. The van der Waals surface area contributed by atoms with Crippen LogP contribution < -0.4 is 0 Å². The van der Waals surface area contributed by atoms with Gasteiger partial charge in [-0.2, -0.15) is 23.5 Å². The smallest absolute Gasteiger partial charge is 0.245 e. The molecule has 3 aliphatic rings. The Kier molecular flexibility index (Phi) is 9.14. The number of nitrogens with zero attached hydrogens (tertiary/aromatic N) is 1. The zero-order valence-corrected chi connectivity index (χ0v) is 18.4. The number of rotatable bonds is 11. The SMILES string of the molecule is CN(O)C(=O)CCCCSCC1C2CCC(O2)C1CSCC1CCCCC1. The van der Waals surface area contributed by atoms with E-state index in [1.165, 1.54) is 69.3 Å². The zero-order valence-electron chi connectivity index (χ0n) is 16.8. The van der Waals surface area contributed by atoms with Crippen LogP contribution in [0.1, 0.15) is 64.2 Å². The summed E-state index contributed by atoms with van der Waals surface area (Å²) in [4.78, 5) is 11.4. The first kappa shape index (κ1) is 21.8. The fourth-order valence-electron chi connectivity index (χ4n) is 4.92. The molecule has 1 saturated carbocycles. The summed E-state index contributed by atoms with van der Waals surface area (Å²) in [6, 6.07) is 0. The molecule has 3 fully saturated rings. The summed E-state index contributed by atoms with van der Waals surface area (Å²) in [5, 5.41) is 9.78. The Morgan fingerprint density at radius 2 is 1.63 bits per heavy atom. The molecule has 4 nitrogen and oxygen atoms in total. The quantitative estimate of drug-likeness (QED) is 0.297. The van der Waals surface area contributed by atoms with Crippen molar-refractivity contribution in [2.75, 3.05) is 30.1 Å². The fourth-order valence-corrected chi connectivity index (χ4v) is 7.76. The predicted molar refractivity (Wildman–Crippen MR) is 115 cm³/mol. The van der Waals surface area contributed by atoms with Gasteiger partial charge in [-0.05, 0) is 67.5 Å². The van der Waals surface area contributed by atoms with Crippen LogP contribution in [0, 0.1) is 17.8 Å². The average molecular weight is 416 g/mol. The average Bonchev–Trinajstić information content (AvgIpc) is 3.27. The minimum atomic E-state index is -0.184. The van der Waals surface area contributed by atoms with Gasteiger partial charge in [0, 0.05) is 25.3 Å². The lowest BCUT2D eigenvalue weighted by Crippen LogP contribution is -2.31. The second-order valence-electron chi connectivity index (χ2n) is 8.61. The van der Waals surface area contributed by atoms with Crippen molar-refractivity contribution in [2.45, 2.75) is 76.4 Å². The Morgan fingerprint density at radius 3 is 2.30 bits per heavy atom. The second-order valence-corrected chi connectivity index (χ2v) is 10.8. The number of hydrogen-bond donors (Lipinski definition) is 1. The van der Waals surface area contributed by atoms with Crippen LogP contribution in [-0.2, 0) is 9.53 Å². The molecule has 27 heavy (non-hydrogen) atoms. The Bertz CT molecular complexity index is 457. The topological polar surface area (TPSA) is 49.8 Å². The minimum Gasteiger partial charge on any atom is -0.374 e. The van der Waals surface area contributed by atoms with Gasteiger partial charge in [0.05, 0.1) is 12.2 Å². The molecule has 2 bridgehead atoms. The summed E-state index contributed by atoms with van der Waals surface area (Å²) in [6.07, 6.45) is 13.2. The molecular formula is C21H37NO3S2. The number of thioether (sulfide) groups is 2. The lowest BCUT2D eigenvalue weighted by Gasteiger charge is -2.28. The molecule has 4 unspecified atom stereocenters. The Balaban J connectivity index is 1.31. The van der Waals surface area contributed by atoms with Crippen LogP contribution in [0.4, 0.5) is 0 Å². The summed E-state index contributed by atoms with van der Waals surface area (Å²) < 4.78 is 6.27. The Labute approximate surface area is 173 Å². The molecule has 0 aromatic heterocycles. The molecule has 4 atom stereocenters. The van der Waals surface area contributed by atoms with Crippen molar-refractivity contribution in [1.29, 1.82) is 0 Å². The summed E-state index contributed by atoms with van der Waals surface area (Å²) in [6.45, 7) is 0. The highest BCUT2D eigenvalue weighted by atomic mass is 32.2. The molecule has 2 aliphatic heterocycles. The summed E-state index contributed by atoms with van der Waals surface area (Å²) in [5.74, 6) is 7.25. The highest BCUT2D eigenvalue weighted by molar-refractivity contribution is 7.99. The van der Waals surface area contributed by atoms with Crippen LogP contribution in [0.15, 0.2) is 0 Å². The van der Waals surface area contributed by atoms with Gasteiger partial charge in [-0.25, -0.2) is 5.06 Å². The van der Waals surface area contributed by atoms with Crippen molar-refractivity contribution in [3.63, 3.8) is 0 Å². The first-order chi connectivity index (χ1) is 13.1. The van der Waals surface area contributed by atoms with Gasteiger partial charge in [0.25, 0.3) is 0 Å². The number of fused-ring (bicyclic) bond motifs is 2. The van der Waals surface area contributed by atoms with Crippen LogP contribution in [-0.4, -0.2) is 58.4 Å². The number of unbranched alkanes of at least 4 members (excludes halogenated alkanes) is 1. The van der Waals surface area contributed by atoms with Gasteiger partial charge < -0.3 is 4.74 Å². The number of hydroxylamine groups is 2. The van der Waals surface area contributed by atoms with Crippen LogP contribution in [0.2, 0.25) is 0 Å². The Morgan fingerprint density at radius 1 is 0.963 bits per heavy atom. The van der Waals surface area contributed by atoms with Crippen LogP contribution in [0.3, 0.4) is 0 Å². The van der Waals surface area contributed by atoms with E-state index in [1.54, 1.807) is 0 Å². The third-order valence-corrected chi connectivity index (χ3v) is 9.11. The zero-order chi connectivity index (χ0) is 19.1. The van der Waals surface area contributed by atoms with E-state index < -0.39 is 0 Å². The first-order valence-corrected chi connectivity index (χ1v) is 13.2. The maximum Gasteiger partial charge on any atom is 0.245 e. The van der Waals surface area contributed by atoms with Crippen molar-refractivity contribution in [3.05, 3.63) is 0 Å². The highest BCUT2D eigenvalue weighted by Gasteiger charge is 2.48. The minimum absolute atomic E-state index is 0.184. The highest BCUT2D eigenvalue weighted by Crippen LogP contribution is 2.46. The molecule has 1 amide bonds. The van der Waals surface area contributed by atoms with E-state index in [-0.39, 0.29) is 5.91 Å². The predicted octanol–water partition coefficient (Wildman–Crippen LogP) is 4.84. The Hall–Kier alpha value is 0.0900. The molecule has 6 heteroatoms. The number of amides is 1. The van der Waals surface area contributed by atoms with E-state index in [1.807, 2.05) is 11.8 Å². The van der Waals surface area contributed by atoms with Gasteiger partial charge >= 0.3 is 0 Å². The number of ether oxygens (including phenoxy) is 1. The van der Waals surface area contributed by atoms with Crippen LogP contribution in [0.25, 0.3) is 0 Å². The lowest BCUT2D eigenvalue weighted by atomic mass is 9.81. The normalized spacial score (nSPS) is 30.7. The number of hydrogen-bond acceptors (Lipinski definition) is 5. The number of carbonyl (C=O) groups excluding carboxylic acids is 1. The summed E-state index contributed by atoms with van der Waals surface area (Å²) in [7, 11) is 1.40. The first-order valence-electron chi connectivity index (χ1n) is 10.9. The van der Waals surface area contributed by atoms with Gasteiger partial charge in [-0.1, -0.05) is 19.3 Å². The molecular weight excluding hydrogens is 378 g/mol. The largest absolute Gasteiger partial charge is 0.374 e. The maximum atomic E-state index is 11.4. The van der Waals surface area contributed by atoms with E-state index in [0.717, 1.165) is 36.3 Å². The van der Waals surface area contributed by atoms with Crippen LogP contribution in [0.5, 0.6) is 0 Å². The summed E-state index contributed by atoms with van der Waals surface area (Å²) in [5.41, 5.74) is 0. The molecule has 1 aliphatic carbocycles. The van der Waals surface area contributed by atoms with Gasteiger partial charge in [-0.15, -0.1) is 0 Å². The van der Waals surface area contributed by atoms with E-state index in [0.29, 0.717) is 23.7 Å². The van der Waals surface area contributed by atoms with E-state index in [4.69, 9.17) is 9.94 Å².